The molecule has 0 amide bonds. The Morgan fingerprint density at radius 2 is 2.00 bits per heavy atom. The van der Waals surface area contributed by atoms with Crippen LogP contribution in [0.4, 0.5) is 0 Å². The van der Waals surface area contributed by atoms with E-state index in [1.807, 2.05) is 0 Å². The van der Waals surface area contributed by atoms with Crippen LogP contribution in [0, 0.1) is 5.92 Å². The van der Waals surface area contributed by atoms with Crippen molar-refractivity contribution in [1.29, 1.82) is 0 Å². The third-order valence-corrected chi connectivity index (χ3v) is 5.29. The minimum Gasteiger partial charge on any atom is -0.370 e. The molecule has 1 N–H and O–H groups in total. The van der Waals surface area contributed by atoms with Gasteiger partial charge in [-0.3, -0.25) is 0 Å². The van der Waals surface area contributed by atoms with Crippen LogP contribution in [0.5, 0.6) is 0 Å². The van der Waals surface area contributed by atoms with Gasteiger partial charge in [0, 0.05) is 19.1 Å². The number of nitrogens with zero attached hydrogens (tertiary/aromatic N) is 2. The second-order valence-electron chi connectivity index (χ2n) is 6.91. The van der Waals surface area contributed by atoms with Gasteiger partial charge < -0.3 is 14.6 Å². The van der Waals surface area contributed by atoms with Crippen molar-refractivity contribution in [2.24, 2.45) is 5.92 Å². The molecule has 5 heteroatoms. The molecular weight excluding hydrogens is 266 g/mol. The lowest BCUT2D eigenvalue weighted by Crippen LogP contribution is -2.35. The van der Waals surface area contributed by atoms with Gasteiger partial charge in [-0.05, 0) is 57.9 Å². The summed E-state index contributed by atoms with van der Waals surface area (Å²) in [6, 6.07) is 0.519. The lowest BCUT2D eigenvalue weighted by atomic mass is 9.79. The summed E-state index contributed by atoms with van der Waals surface area (Å²) < 4.78 is 11.4. The van der Waals surface area contributed by atoms with Gasteiger partial charge in [-0.15, -0.1) is 0 Å². The van der Waals surface area contributed by atoms with Crippen LogP contribution in [0.3, 0.4) is 0 Å². The van der Waals surface area contributed by atoms with Crippen LogP contribution in [-0.4, -0.2) is 29.8 Å². The molecule has 2 fully saturated rings. The molecule has 118 valence electrons. The average molecular weight is 293 g/mol. The summed E-state index contributed by atoms with van der Waals surface area (Å²) in [4.78, 5) is 4.73. The van der Waals surface area contributed by atoms with Crippen molar-refractivity contribution in [2.45, 2.75) is 69.9 Å². The Hall–Kier alpha value is -0.940. The minimum absolute atomic E-state index is 0.327. The first-order chi connectivity index (χ1) is 10.1. The van der Waals surface area contributed by atoms with Crippen LogP contribution in [0.2, 0.25) is 0 Å². The highest BCUT2D eigenvalue weighted by Crippen LogP contribution is 2.41. The lowest BCUT2D eigenvalue weighted by Gasteiger charge is -2.35. The van der Waals surface area contributed by atoms with E-state index in [1.165, 1.54) is 12.8 Å². The lowest BCUT2D eigenvalue weighted by molar-refractivity contribution is -0.0609. The second kappa shape index (κ2) is 6.05. The Balaban J connectivity index is 1.77. The third kappa shape index (κ3) is 2.99. The summed E-state index contributed by atoms with van der Waals surface area (Å²) in [5.74, 6) is 2.72. The summed E-state index contributed by atoms with van der Waals surface area (Å²) >= 11 is 0. The van der Waals surface area contributed by atoms with Gasteiger partial charge in [0.2, 0.25) is 11.7 Å². The summed E-state index contributed by atoms with van der Waals surface area (Å²) in [5, 5.41) is 7.74. The standard InChI is InChI=1S/C16H27N3O2/c1-11-4-7-16(20-3,8-5-11)15-18-14(21-19-15)13-6-9-17-12(2)10-13/h11-13,17H,4-10H2,1-3H3. The molecule has 2 aliphatic rings. The first-order valence-corrected chi connectivity index (χ1v) is 8.25. The molecule has 5 nitrogen and oxygen atoms in total. The highest BCUT2D eigenvalue weighted by molar-refractivity contribution is 5.06. The molecule has 2 unspecified atom stereocenters. The van der Waals surface area contributed by atoms with Crippen LogP contribution in [0.1, 0.15) is 70.0 Å². The number of aromatic nitrogens is 2. The van der Waals surface area contributed by atoms with E-state index in [2.05, 4.69) is 24.3 Å². The molecule has 0 radical (unpaired) electrons. The maximum absolute atomic E-state index is 5.84. The largest absolute Gasteiger partial charge is 0.370 e. The average Bonchev–Trinajstić information content (AvgIpc) is 2.99. The molecule has 2 heterocycles. The molecular formula is C16H27N3O2. The van der Waals surface area contributed by atoms with E-state index in [4.69, 9.17) is 14.2 Å². The predicted molar refractivity (Wildman–Crippen MR) is 80.1 cm³/mol. The molecule has 2 atom stereocenters. The molecule has 1 aliphatic carbocycles. The zero-order valence-electron chi connectivity index (χ0n) is 13.4. The summed E-state index contributed by atoms with van der Waals surface area (Å²) in [7, 11) is 1.78. The first-order valence-electron chi connectivity index (χ1n) is 8.25. The molecule has 0 bridgehead atoms. The highest BCUT2D eigenvalue weighted by atomic mass is 16.5. The number of hydrogen-bond acceptors (Lipinski definition) is 5. The van der Waals surface area contributed by atoms with E-state index in [-0.39, 0.29) is 5.60 Å². The number of nitrogens with one attached hydrogen (secondary N) is 1. The van der Waals surface area contributed by atoms with Crippen molar-refractivity contribution < 1.29 is 9.26 Å². The predicted octanol–water partition coefficient (Wildman–Crippen LogP) is 2.98. The first kappa shape index (κ1) is 15.0. The minimum atomic E-state index is -0.327. The molecule has 0 spiro atoms. The Morgan fingerprint density at radius 1 is 1.24 bits per heavy atom. The van der Waals surface area contributed by atoms with Crippen LogP contribution in [0.25, 0.3) is 0 Å². The van der Waals surface area contributed by atoms with Crippen molar-refractivity contribution in [3.05, 3.63) is 11.7 Å². The van der Waals surface area contributed by atoms with E-state index in [0.717, 1.165) is 49.9 Å². The molecule has 1 aliphatic heterocycles. The monoisotopic (exact) mass is 293 g/mol. The van der Waals surface area contributed by atoms with Crippen LogP contribution in [0.15, 0.2) is 4.52 Å². The van der Waals surface area contributed by atoms with Gasteiger partial charge in [0.1, 0.15) is 5.60 Å². The van der Waals surface area contributed by atoms with Gasteiger partial charge in [-0.1, -0.05) is 12.1 Å². The SMILES string of the molecule is COC1(c2noc(C3CCNC(C)C3)n2)CCC(C)CC1. The van der Waals surface area contributed by atoms with Gasteiger partial charge in [0.25, 0.3) is 0 Å². The van der Waals surface area contributed by atoms with Crippen molar-refractivity contribution in [3.63, 3.8) is 0 Å². The molecule has 1 saturated carbocycles. The van der Waals surface area contributed by atoms with Crippen LogP contribution < -0.4 is 5.32 Å². The maximum atomic E-state index is 5.84. The Kier molecular flexibility index (Phi) is 4.31. The molecule has 1 aromatic rings. The summed E-state index contributed by atoms with van der Waals surface area (Å²) in [6.07, 6.45) is 6.46. The van der Waals surface area contributed by atoms with Gasteiger partial charge in [0.15, 0.2) is 0 Å². The smallest absolute Gasteiger partial charge is 0.229 e. The fraction of sp³-hybridized carbons (Fsp3) is 0.875. The zero-order chi connectivity index (χ0) is 14.9. The number of rotatable bonds is 3. The van der Waals surface area contributed by atoms with Gasteiger partial charge in [0.05, 0.1) is 0 Å². The fourth-order valence-corrected chi connectivity index (χ4v) is 3.69. The molecule has 21 heavy (non-hydrogen) atoms. The quantitative estimate of drug-likeness (QED) is 0.928. The Bertz CT molecular complexity index is 466. The molecule has 1 aromatic heterocycles. The normalized spacial score (nSPS) is 37.6. The van der Waals surface area contributed by atoms with Gasteiger partial charge in [-0.2, -0.15) is 4.98 Å². The Morgan fingerprint density at radius 3 is 2.67 bits per heavy atom. The number of piperidine rings is 1. The van der Waals surface area contributed by atoms with Crippen molar-refractivity contribution in [2.75, 3.05) is 13.7 Å². The van der Waals surface area contributed by atoms with Gasteiger partial charge >= 0.3 is 0 Å². The van der Waals surface area contributed by atoms with E-state index < -0.39 is 0 Å². The van der Waals surface area contributed by atoms with E-state index in [9.17, 15) is 0 Å². The van der Waals surface area contributed by atoms with Crippen LogP contribution >= 0.6 is 0 Å². The van der Waals surface area contributed by atoms with E-state index in [0.29, 0.717) is 12.0 Å². The molecule has 3 rings (SSSR count). The van der Waals surface area contributed by atoms with Crippen LogP contribution in [-0.2, 0) is 10.3 Å². The summed E-state index contributed by atoms with van der Waals surface area (Å²) in [6.45, 7) is 5.54. The van der Waals surface area contributed by atoms with Gasteiger partial charge in [-0.25, -0.2) is 0 Å². The summed E-state index contributed by atoms with van der Waals surface area (Å²) in [5.41, 5.74) is -0.327. The fourth-order valence-electron chi connectivity index (χ4n) is 3.69. The van der Waals surface area contributed by atoms with Crippen molar-refractivity contribution in [1.82, 2.24) is 15.5 Å². The van der Waals surface area contributed by atoms with E-state index >= 15 is 0 Å². The molecule has 0 aromatic carbocycles. The topological polar surface area (TPSA) is 60.2 Å². The Labute approximate surface area is 126 Å². The number of methoxy groups -OCH3 is 1. The second-order valence-corrected chi connectivity index (χ2v) is 6.91. The molecule has 1 saturated heterocycles. The van der Waals surface area contributed by atoms with Crippen molar-refractivity contribution in [3.8, 4) is 0 Å². The van der Waals surface area contributed by atoms with Crippen molar-refractivity contribution >= 4 is 0 Å². The third-order valence-electron chi connectivity index (χ3n) is 5.29. The number of ether oxygens (including phenoxy) is 1. The zero-order valence-corrected chi connectivity index (χ0v) is 13.4. The van der Waals surface area contributed by atoms with E-state index in [1.54, 1.807) is 7.11 Å². The highest BCUT2D eigenvalue weighted by Gasteiger charge is 2.40. The number of hydrogen-bond donors (Lipinski definition) is 1. The maximum Gasteiger partial charge on any atom is 0.229 e.